The second-order valence-electron chi connectivity index (χ2n) is 25.8. The van der Waals surface area contributed by atoms with Crippen LogP contribution in [0.3, 0.4) is 0 Å². The Balaban J connectivity index is 0.708. The number of carbonyl (C=O) groups is 5. The van der Waals surface area contributed by atoms with Crippen molar-refractivity contribution in [1.29, 1.82) is 0 Å². The molecule has 0 bridgehead atoms. The van der Waals surface area contributed by atoms with E-state index in [1.165, 1.54) is 59.7 Å². The summed E-state index contributed by atoms with van der Waals surface area (Å²) in [6, 6.07) is 21.4. The number of likely N-dealkylation sites (tertiary alicyclic amines) is 2. The highest BCUT2D eigenvalue weighted by molar-refractivity contribution is 7.22. The lowest BCUT2D eigenvalue weighted by Gasteiger charge is -2.35. The number of alkyl halides is 1. The minimum atomic E-state index is -1.99. The number of benzene rings is 3. The van der Waals surface area contributed by atoms with Gasteiger partial charge in [-0.1, -0.05) is 87.8 Å². The Morgan fingerprint density at radius 2 is 1.69 bits per heavy atom. The van der Waals surface area contributed by atoms with Crippen molar-refractivity contribution >= 4 is 73.4 Å². The van der Waals surface area contributed by atoms with Crippen LogP contribution in [0, 0.1) is 25.2 Å². The number of aromatic nitrogens is 5. The number of anilines is 2. The summed E-state index contributed by atoms with van der Waals surface area (Å²) in [7, 11) is 0. The summed E-state index contributed by atoms with van der Waals surface area (Å²) < 4.78 is 24.8. The number of hydrogen-bond acceptors (Lipinski definition) is 15. The molecular formula is C67H79FN12O7S2. The van der Waals surface area contributed by atoms with Gasteiger partial charge >= 0.3 is 0 Å². The van der Waals surface area contributed by atoms with E-state index >= 15 is 0 Å². The summed E-state index contributed by atoms with van der Waals surface area (Å²) in [4.78, 5) is 90.9. The summed E-state index contributed by atoms with van der Waals surface area (Å²) in [5, 5.41) is 28.2. The zero-order chi connectivity index (χ0) is 62.1. The van der Waals surface area contributed by atoms with Crippen LogP contribution < -0.4 is 30.9 Å². The lowest BCUT2D eigenvalue weighted by Crippen LogP contribution is -2.59. The maximum Gasteiger partial charge on any atom is 0.270 e. The monoisotopic (exact) mass is 1250 g/mol. The van der Waals surface area contributed by atoms with Gasteiger partial charge in [-0.3, -0.25) is 34.0 Å². The van der Waals surface area contributed by atoms with Crippen molar-refractivity contribution in [3.05, 3.63) is 124 Å². The van der Waals surface area contributed by atoms with Crippen molar-refractivity contribution in [2.45, 2.75) is 155 Å². The zero-order valence-electron chi connectivity index (χ0n) is 51.3. The fourth-order valence-corrected chi connectivity index (χ4v) is 14.7. The second kappa shape index (κ2) is 26.0. The quantitative estimate of drug-likeness (QED) is 0.0509. The van der Waals surface area contributed by atoms with Gasteiger partial charge in [0.05, 0.1) is 38.6 Å². The first-order valence-electron chi connectivity index (χ1n) is 31.4. The number of carbonyl (C=O) groups excluding carboxylic acids is 5. The fraction of sp³-hybridized carbons (Fsp3) is 0.478. The van der Waals surface area contributed by atoms with E-state index in [1.54, 1.807) is 26.3 Å². The first-order chi connectivity index (χ1) is 42.8. The lowest BCUT2D eigenvalue weighted by molar-refractivity contribution is -0.145. The SMILES string of the molecule is Cc1ncsc1-c1ccc(CNC(=O)[C@@H]2C[C@@H](O)CN2C(=O)[C@@H](NC(=O)C2(F)CC2)C(C)(C)C)c(OC2CCN(CCNC(=O)c3nc(N4CCc5cccc(C(=O)Nc6nc7ccccc7s6)c5C4)ccc3-c3cnn(CC4CCCCC4)c3C)CC2)c1. The number of aliphatic hydroxyl groups excluding tert-OH is 1. The number of fused-ring (bicyclic) bond motifs is 2. The van der Waals surface area contributed by atoms with Gasteiger partial charge in [0.2, 0.25) is 11.8 Å². The number of piperidine rings is 1. The highest BCUT2D eigenvalue weighted by atomic mass is 32.1. The number of aryl methyl sites for hydroxylation is 1. The predicted molar refractivity (Wildman–Crippen MR) is 343 cm³/mol. The highest BCUT2D eigenvalue weighted by Crippen LogP contribution is 2.41. The number of pyridine rings is 1. The number of β-amino-alcohol motifs (C(OH)–C–C–N with tert-alkyl or cyclic N) is 1. The molecule has 22 heteroatoms. The topological polar surface area (TPSA) is 229 Å². The summed E-state index contributed by atoms with van der Waals surface area (Å²) in [5.74, 6) is -0.533. The van der Waals surface area contributed by atoms with E-state index in [0.717, 1.165) is 60.8 Å². The van der Waals surface area contributed by atoms with Crippen molar-refractivity contribution in [3.63, 3.8) is 0 Å². The van der Waals surface area contributed by atoms with E-state index in [0.29, 0.717) is 98.0 Å². The van der Waals surface area contributed by atoms with Crippen molar-refractivity contribution in [1.82, 2.24) is 50.5 Å². The van der Waals surface area contributed by atoms with E-state index in [1.807, 2.05) is 79.9 Å². The van der Waals surface area contributed by atoms with Gasteiger partial charge in [-0.15, -0.1) is 11.3 Å². The summed E-state index contributed by atoms with van der Waals surface area (Å²) in [6.45, 7) is 13.6. The molecule has 7 aromatic rings. The summed E-state index contributed by atoms with van der Waals surface area (Å²) in [5.41, 5.74) is 7.88. The van der Waals surface area contributed by atoms with Crippen molar-refractivity contribution < 1.29 is 38.2 Å². The van der Waals surface area contributed by atoms with Crippen LogP contribution in [0.5, 0.6) is 5.75 Å². The van der Waals surface area contributed by atoms with E-state index in [4.69, 9.17) is 14.8 Å². The largest absolute Gasteiger partial charge is 0.490 e. The number of hydrogen-bond donors (Lipinski definition) is 5. The molecule has 2 saturated carbocycles. The molecule has 0 radical (unpaired) electrons. The van der Waals surface area contributed by atoms with E-state index in [-0.39, 0.29) is 50.3 Å². The number of rotatable bonds is 19. The molecule has 0 spiro atoms. The number of nitrogens with one attached hydrogen (secondary N) is 4. The van der Waals surface area contributed by atoms with Crippen LogP contribution in [-0.4, -0.2) is 138 Å². The molecule has 12 rings (SSSR count). The first kappa shape index (κ1) is 61.6. The molecule has 5 amide bonds. The molecule has 468 valence electrons. The molecule has 19 nitrogen and oxygen atoms in total. The number of aliphatic hydroxyl groups is 1. The molecule has 2 saturated heterocycles. The van der Waals surface area contributed by atoms with Crippen LogP contribution in [0.2, 0.25) is 0 Å². The molecule has 7 heterocycles. The zero-order valence-corrected chi connectivity index (χ0v) is 52.9. The molecule has 3 atom stereocenters. The van der Waals surface area contributed by atoms with Gasteiger partial charge in [0, 0.05) is 93.3 Å². The Labute approximate surface area is 526 Å². The molecule has 5 N–H and O–H groups in total. The average molecular weight is 1250 g/mol. The Kier molecular flexibility index (Phi) is 18.0. The van der Waals surface area contributed by atoms with Gasteiger partial charge in [0.1, 0.15) is 35.4 Å². The molecule has 5 aliphatic rings. The van der Waals surface area contributed by atoms with Gasteiger partial charge < -0.3 is 40.5 Å². The number of para-hydroxylation sites is 1. The van der Waals surface area contributed by atoms with Gasteiger partial charge in [0.15, 0.2) is 10.8 Å². The first-order valence-corrected chi connectivity index (χ1v) is 33.1. The van der Waals surface area contributed by atoms with Crippen LogP contribution in [0.4, 0.5) is 15.3 Å². The third-order valence-corrected chi connectivity index (χ3v) is 20.3. The van der Waals surface area contributed by atoms with Gasteiger partial charge in [-0.25, -0.2) is 19.3 Å². The standard InChI is InChI=1S/C67H79FN12O7S2/c1-40-58(88-39-71-40)44-18-19-45(34-70-61(83)53-33-46(81)37-79(53)63(85)59(66(3,4)5)75-64(86)67(68)25-26-67)54(32-44)87-47-23-28-77(29-24-47)31-27-69-62(84)57-48(50-35-72-80(41(50)2)36-42-12-7-6-8-13-42)20-21-56(74-57)78-30-22-43-14-11-15-49(51(43)38-78)60(82)76-65-73-52-16-9-10-17-55(52)89-65/h9-11,14-21,32,35,39,42,46-47,53,59,81H,6-8,12-13,22-31,33-34,36-38H2,1-5H3,(H,69,84)(H,70,83)(H,75,86)(H,73,76,82)/t46-,53+,59-/m1/s1. The van der Waals surface area contributed by atoms with Crippen LogP contribution in [0.25, 0.3) is 31.8 Å². The van der Waals surface area contributed by atoms with Crippen LogP contribution in [0.1, 0.15) is 134 Å². The van der Waals surface area contributed by atoms with Crippen molar-refractivity contribution in [2.24, 2.45) is 11.3 Å². The van der Waals surface area contributed by atoms with Gasteiger partial charge in [-0.05, 0) is 123 Å². The maximum absolute atomic E-state index is 14.8. The predicted octanol–water partition coefficient (Wildman–Crippen LogP) is 9.57. The minimum absolute atomic E-state index is 0.00903. The smallest absolute Gasteiger partial charge is 0.270 e. The van der Waals surface area contributed by atoms with Crippen molar-refractivity contribution in [2.75, 3.05) is 49.5 Å². The molecule has 89 heavy (non-hydrogen) atoms. The maximum atomic E-state index is 14.8. The molecule has 3 aromatic carbocycles. The van der Waals surface area contributed by atoms with Crippen LogP contribution >= 0.6 is 22.7 Å². The van der Waals surface area contributed by atoms with Gasteiger partial charge in [-0.2, -0.15) is 5.10 Å². The Morgan fingerprint density at radius 1 is 0.888 bits per heavy atom. The van der Waals surface area contributed by atoms with Gasteiger partial charge in [0.25, 0.3) is 17.7 Å². The van der Waals surface area contributed by atoms with E-state index in [2.05, 4.69) is 58.7 Å². The molecular weight excluding hydrogens is 1170 g/mol. The number of nitrogens with zero attached hydrogens (tertiary/aromatic N) is 8. The lowest BCUT2D eigenvalue weighted by atomic mass is 9.85. The number of ether oxygens (including phenoxy) is 1. The average Bonchev–Trinajstić information content (AvgIpc) is 1.94. The second-order valence-corrected chi connectivity index (χ2v) is 27.7. The molecule has 4 aromatic heterocycles. The Bertz CT molecular complexity index is 3750. The number of amides is 5. The molecule has 4 fully saturated rings. The van der Waals surface area contributed by atoms with Crippen LogP contribution in [0.15, 0.2) is 84.5 Å². The minimum Gasteiger partial charge on any atom is -0.490 e. The summed E-state index contributed by atoms with van der Waals surface area (Å²) >= 11 is 2.97. The normalized spacial score (nSPS) is 19.2. The Hall–Kier alpha value is -7.66. The third kappa shape index (κ3) is 13.8. The van der Waals surface area contributed by atoms with Crippen LogP contribution in [-0.2, 0) is 40.4 Å². The van der Waals surface area contributed by atoms with E-state index < -0.39 is 47.0 Å². The molecule has 0 unspecified atom stereocenters. The molecule has 3 aliphatic heterocycles. The number of halogens is 1. The molecule has 2 aliphatic carbocycles. The van der Waals surface area contributed by atoms with E-state index in [9.17, 15) is 33.5 Å². The highest BCUT2D eigenvalue weighted by Gasteiger charge is 2.53. The number of thiazole rings is 2. The van der Waals surface area contributed by atoms with Crippen molar-refractivity contribution in [3.8, 4) is 27.3 Å². The fourth-order valence-electron chi connectivity index (χ4n) is 13.0. The summed E-state index contributed by atoms with van der Waals surface area (Å²) in [6.07, 6.45) is 9.18. The third-order valence-electron chi connectivity index (χ3n) is 18.4. The Morgan fingerprint density at radius 3 is 2.44 bits per heavy atom.